The molecule has 32 heavy (non-hydrogen) atoms. The summed E-state index contributed by atoms with van der Waals surface area (Å²) in [5, 5.41) is 7.69. The van der Waals surface area contributed by atoms with Gasteiger partial charge in [0.15, 0.2) is 11.6 Å². The van der Waals surface area contributed by atoms with Crippen LogP contribution in [0.15, 0.2) is 28.6 Å². The fourth-order valence-electron chi connectivity index (χ4n) is 3.59. The average Bonchev–Trinajstić information content (AvgIpc) is 3.60. The number of thiophene rings is 1. The molecule has 0 atom stereocenters. The molecule has 170 valence electrons. The Morgan fingerprint density at radius 3 is 2.50 bits per heavy atom. The standard InChI is InChI=1S/C21H25ClN6O2S2/c1-21(2,3)27-32(29,30)16-9-8-14(31-16)19-24-18(12-4-5-12)17(22)20(25-19)28(13-6-7-13)15-10-11-23-26-15/h8-13,27H,4-7H2,1-3H3,(H,23,26). The van der Waals surface area contributed by atoms with Gasteiger partial charge < -0.3 is 4.90 Å². The van der Waals surface area contributed by atoms with E-state index in [0.717, 1.165) is 48.5 Å². The van der Waals surface area contributed by atoms with Crippen molar-refractivity contribution in [3.05, 3.63) is 35.1 Å². The first-order chi connectivity index (χ1) is 15.1. The molecule has 2 saturated carbocycles. The van der Waals surface area contributed by atoms with Crippen molar-refractivity contribution >= 4 is 44.6 Å². The summed E-state index contributed by atoms with van der Waals surface area (Å²) in [4.78, 5) is 12.4. The van der Waals surface area contributed by atoms with Gasteiger partial charge in [0.2, 0.25) is 0 Å². The molecular weight excluding hydrogens is 468 g/mol. The molecule has 3 aromatic rings. The Morgan fingerprint density at radius 1 is 1.16 bits per heavy atom. The fourth-order valence-corrected chi connectivity index (χ4v) is 6.58. The van der Waals surface area contributed by atoms with Crippen LogP contribution in [0, 0.1) is 0 Å². The predicted molar refractivity (Wildman–Crippen MR) is 126 cm³/mol. The largest absolute Gasteiger partial charge is 0.307 e. The van der Waals surface area contributed by atoms with Crippen LogP contribution in [0.4, 0.5) is 11.6 Å². The normalized spacial score (nSPS) is 17.0. The van der Waals surface area contributed by atoms with Crippen LogP contribution < -0.4 is 9.62 Å². The van der Waals surface area contributed by atoms with Crippen molar-refractivity contribution in [2.24, 2.45) is 0 Å². The number of rotatable bonds is 7. The highest BCUT2D eigenvalue weighted by atomic mass is 35.5. The molecule has 0 spiro atoms. The lowest BCUT2D eigenvalue weighted by Gasteiger charge is -2.24. The van der Waals surface area contributed by atoms with Crippen LogP contribution in [0.2, 0.25) is 5.02 Å². The minimum atomic E-state index is -3.63. The van der Waals surface area contributed by atoms with Crippen LogP contribution in [0.3, 0.4) is 0 Å². The highest BCUT2D eigenvalue weighted by molar-refractivity contribution is 7.91. The molecule has 0 amide bonds. The Labute approximate surface area is 196 Å². The van der Waals surface area contributed by atoms with Crippen molar-refractivity contribution in [3.63, 3.8) is 0 Å². The summed E-state index contributed by atoms with van der Waals surface area (Å²) in [7, 11) is -3.63. The Morgan fingerprint density at radius 2 is 1.91 bits per heavy atom. The van der Waals surface area contributed by atoms with Crippen LogP contribution in [-0.4, -0.2) is 40.2 Å². The van der Waals surface area contributed by atoms with Crippen LogP contribution in [0.5, 0.6) is 0 Å². The second kappa shape index (κ2) is 7.79. The fraction of sp³-hybridized carbons (Fsp3) is 0.476. The minimum Gasteiger partial charge on any atom is -0.307 e. The Hall–Kier alpha value is -2.01. The topological polar surface area (TPSA) is 104 Å². The maximum atomic E-state index is 12.8. The smallest absolute Gasteiger partial charge is 0.250 e. The molecule has 5 rings (SSSR count). The zero-order valence-electron chi connectivity index (χ0n) is 18.1. The molecule has 8 nitrogen and oxygen atoms in total. The van der Waals surface area contributed by atoms with Crippen LogP contribution in [-0.2, 0) is 10.0 Å². The number of aromatic nitrogens is 4. The lowest BCUT2D eigenvalue weighted by Crippen LogP contribution is -2.40. The van der Waals surface area contributed by atoms with Gasteiger partial charge in [0.25, 0.3) is 10.0 Å². The molecule has 0 unspecified atom stereocenters. The number of hydrogen-bond acceptors (Lipinski definition) is 7. The molecule has 11 heteroatoms. The van der Waals surface area contributed by atoms with E-state index in [-0.39, 0.29) is 4.21 Å². The van der Waals surface area contributed by atoms with Gasteiger partial charge in [-0.15, -0.1) is 11.3 Å². The van der Waals surface area contributed by atoms with Gasteiger partial charge in [0.05, 0.1) is 16.8 Å². The summed E-state index contributed by atoms with van der Waals surface area (Å²) in [6.45, 7) is 5.45. The van der Waals surface area contributed by atoms with E-state index in [9.17, 15) is 8.42 Å². The minimum absolute atomic E-state index is 0.239. The van der Waals surface area contributed by atoms with E-state index in [1.165, 1.54) is 0 Å². The summed E-state index contributed by atoms with van der Waals surface area (Å²) < 4.78 is 28.5. The van der Waals surface area contributed by atoms with E-state index >= 15 is 0 Å². The number of H-pyrrole nitrogens is 1. The molecule has 0 aromatic carbocycles. The number of halogens is 1. The third kappa shape index (κ3) is 4.41. The van der Waals surface area contributed by atoms with Gasteiger partial charge in [0, 0.05) is 23.6 Å². The SMILES string of the molecule is CC(C)(C)NS(=O)(=O)c1ccc(-c2nc(C3CC3)c(Cl)c(N(c3ccn[nH]3)C3CC3)n2)s1. The number of sulfonamides is 1. The highest BCUT2D eigenvalue weighted by Gasteiger charge is 2.37. The lowest BCUT2D eigenvalue weighted by atomic mass is 10.1. The molecule has 2 aliphatic rings. The van der Waals surface area contributed by atoms with Crippen molar-refractivity contribution in [2.75, 3.05) is 4.90 Å². The zero-order chi connectivity index (χ0) is 22.7. The van der Waals surface area contributed by atoms with Crippen molar-refractivity contribution in [2.45, 2.75) is 68.2 Å². The summed E-state index contributed by atoms with van der Waals surface area (Å²) in [5.41, 5.74) is 0.267. The van der Waals surface area contributed by atoms with Gasteiger partial charge >= 0.3 is 0 Å². The number of anilines is 2. The average molecular weight is 493 g/mol. The number of nitrogens with one attached hydrogen (secondary N) is 2. The third-order valence-corrected chi connectivity index (χ3v) is 8.91. The number of aromatic amines is 1. The maximum absolute atomic E-state index is 12.8. The first-order valence-corrected chi connectivity index (χ1v) is 13.3. The summed E-state index contributed by atoms with van der Waals surface area (Å²) in [6.07, 6.45) is 5.90. The zero-order valence-corrected chi connectivity index (χ0v) is 20.5. The van der Waals surface area contributed by atoms with E-state index in [4.69, 9.17) is 21.6 Å². The first-order valence-electron chi connectivity index (χ1n) is 10.6. The molecule has 0 saturated heterocycles. The van der Waals surface area contributed by atoms with E-state index in [1.807, 2.05) is 26.8 Å². The Bertz CT molecular complexity index is 1240. The van der Waals surface area contributed by atoms with Gasteiger partial charge in [0.1, 0.15) is 15.0 Å². The van der Waals surface area contributed by atoms with Gasteiger partial charge in [-0.2, -0.15) is 5.10 Å². The van der Waals surface area contributed by atoms with Crippen molar-refractivity contribution in [1.29, 1.82) is 0 Å². The van der Waals surface area contributed by atoms with Gasteiger partial charge in [-0.25, -0.2) is 23.1 Å². The van der Waals surface area contributed by atoms with Gasteiger partial charge in [-0.1, -0.05) is 11.6 Å². The van der Waals surface area contributed by atoms with Crippen LogP contribution >= 0.6 is 22.9 Å². The molecule has 0 aliphatic heterocycles. The quantitative estimate of drug-likeness (QED) is 0.489. The van der Waals surface area contributed by atoms with Gasteiger partial charge in [-0.05, 0) is 58.6 Å². The maximum Gasteiger partial charge on any atom is 0.250 e. The second-order valence-corrected chi connectivity index (χ2v) is 12.7. The molecular formula is C21H25ClN6O2S2. The molecule has 2 fully saturated rings. The van der Waals surface area contributed by atoms with E-state index in [1.54, 1.807) is 18.3 Å². The van der Waals surface area contributed by atoms with Crippen LogP contribution in [0.25, 0.3) is 10.7 Å². The lowest BCUT2D eigenvalue weighted by molar-refractivity contribution is 0.492. The second-order valence-electron chi connectivity index (χ2n) is 9.36. The molecule has 0 radical (unpaired) electrons. The third-order valence-electron chi connectivity index (χ3n) is 5.22. The van der Waals surface area contributed by atoms with Crippen molar-refractivity contribution < 1.29 is 8.42 Å². The number of nitrogens with zero attached hydrogens (tertiary/aromatic N) is 4. The highest BCUT2D eigenvalue weighted by Crippen LogP contribution is 2.48. The predicted octanol–water partition coefficient (Wildman–Crippen LogP) is 4.84. The Kier molecular flexibility index (Phi) is 5.31. The molecule has 3 heterocycles. The molecule has 3 aromatic heterocycles. The number of hydrogen-bond donors (Lipinski definition) is 2. The summed E-state index contributed by atoms with van der Waals surface area (Å²) in [6, 6.07) is 5.58. The van der Waals surface area contributed by atoms with E-state index < -0.39 is 15.6 Å². The first kappa shape index (κ1) is 21.8. The summed E-state index contributed by atoms with van der Waals surface area (Å²) in [5.74, 6) is 2.30. The molecule has 2 aliphatic carbocycles. The van der Waals surface area contributed by atoms with E-state index in [2.05, 4.69) is 19.8 Å². The monoisotopic (exact) mass is 492 g/mol. The van der Waals surface area contributed by atoms with E-state index in [0.29, 0.717) is 33.5 Å². The van der Waals surface area contributed by atoms with Crippen molar-refractivity contribution in [3.8, 4) is 10.7 Å². The molecule has 0 bridgehead atoms. The van der Waals surface area contributed by atoms with Crippen molar-refractivity contribution in [1.82, 2.24) is 24.9 Å². The van der Waals surface area contributed by atoms with Crippen LogP contribution in [0.1, 0.15) is 58.1 Å². The van der Waals surface area contributed by atoms with Gasteiger partial charge in [-0.3, -0.25) is 5.10 Å². The molecule has 2 N–H and O–H groups in total. The Balaban J connectivity index is 1.58. The summed E-state index contributed by atoms with van der Waals surface area (Å²) >= 11 is 8.00.